The Bertz CT molecular complexity index is 212. The number of nitrogens with zero attached hydrogens (tertiary/aromatic N) is 1. The Hall–Kier alpha value is -0.570. The Labute approximate surface area is 98.8 Å². The van der Waals surface area contributed by atoms with E-state index in [0.29, 0.717) is 0 Å². The van der Waals surface area contributed by atoms with Gasteiger partial charge in [-0.25, -0.2) is 0 Å². The van der Waals surface area contributed by atoms with Crippen LogP contribution in [0.4, 0.5) is 0 Å². The predicted molar refractivity (Wildman–Crippen MR) is 65.1 cm³/mol. The molecule has 1 N–H and O–H groups in total. The van der Waals surface area contributed by atoms with Gasteiger partial charge in [-0.2, -0.15) is 0 Å². The Morgan fingerprint density at radius 3 is 2.50 bits per heavy atom. The predicted octanol–water partition coefficient (Wildman–Crippen LogP) is 2.19. The highest BCUT2D eigenvalue weighted by Crippen LogP contribution is 2.23. The molecule has 3 nitrogen and oxygen atoms in total. The quantitative estimate of drug-likeness (QED) is 0.755. The summed E-state index contributed by atoms with van der Waals surface area (Å²) in [4.78, 5) is 14.2. The molecule has 0 bridgehead atoms. The number of aliphatic hydroxyl groups excluding tert-OH is 1. The third-order valence-corrected chi connectivity index (χ3v) is 3.49. The van der Waals surface area contributed by atoms with Gasteiger partial charge in [-0.3, -0.25) is 4.79 Å². The van der Waals surface area contributed by atoms with E-state index in [1.807, 2.05) is 4.90 Å². The van der Waals surface area contributed by atoms with Gasteiger partial charge >= 0.3 is 0 Å². The molecule has 0 unspecified atom stereocenters. The summed E-state index contributed by atoms with van der Waals surface area (Å²) in [5, 5.41) is 9.23. The van der Waals surface area contributed by atoms with Crippen LogP contribution in [0.5, 0.6) is 0 Å². The number of aliphatic hydroxyl groups is 1. The lowest BCUT2D eigenvalue weighted by Crippen LogP contribution is -2.41. The van der Waals surface area contributed by atoms with E-state index in [9.17, 15) is 9.90 Å². The van der Waals surface area contributed by atoms with Crippen LogP contribution in [-0.2, 0) is 4.79 Å². The summed E-state index contributed by atoms with van der Waals surface area (Å²) in [6.45, 7) is 5.22. The van der Waals surface area contributed by atoms with Crippen LogP contribution in [0.15, 0.2) is 0 Å². The first-order valence-corrected chi connectivity index (χ1v) is 6.65. The SMILES string of the molecule is CCCC(CCC)C(=O)N1CCC[C@@H]1CO. The van der Waals surface area contributed by atoms with Gasteiger partial charge in [0, 0.05) is 12.5 Å². The number of hydrogen-bond donors (Lipinski definition) is 1. The Kier molecular flexibility index (Phi) is 5.81. The molecule has 0 aliphatic carbocycles. The first-order chi connectivity index (χ1) is 7.74. The summed E-state index contributed by atoms with van der Waals surface area (Å²) in [5.74, 6) is 0.461. The van der Waals surface area contributed by atoms with Crippen molar-refractivity contribution in [1.29, 1.82) is 0 Å². The van der Waals surface area contributed by atoms with Gasteiger partial charge in [-0.1, -0.05) is 26.7 Å². The van der Waals surface area contributed by atoms with Crippen molar-refractivity contribution in [3.63, 3.8) is 0 Å². The van der Waals surface area contributed by atoms with Crippen molar-refractivity contribution in [3.8, 4) is 0 Å². The van der Waals surface area contributed by atoms with Crippen LogP contribution < -0.4 is 0 Å². The second-order valence-corrected chi connectivity index (χ2v) is 4.78. The summed E-state index contributed by atoms with van der Waals surface area (Å²) >= 11 is 0. The van der Waals surface area contributed by atoms with Crippen molar-refractivity contribution in [2.45, 2.75) is 58.4 Å². The minimum Gasteiger partial charge on any atom is -0.394 e. The number of carbonyl (C=O) groups excluding carboxylic acids is 1. The van der Waals surface area contributed by atoms with E-state index in [4.69, 9.17) is 0 Å². The lowest BCUT2D eigenvalue weighted by Gasteiger charge is -2.27. The maximum atomic E-state index is 12.3. The molecule has 94 valence electrons. The monoisotopic (exact) mass is 227 g/mol. The van der Waals surface area contributed by atoms with Gasteiger partial charge in [0.25, 0.3) is 0 Å². The van der Waals surface area contributed by atoms with Crippen LogP contribution in [0.3, 0.4) is 0 Å². The molecule has 0 aromatic carbocycles. The zero-order chi connectivity index (χ0) is 12.0. The maximum absolute atomic E-state index is 12.3. The van der Waals surface area contributed by atoms with Crippen LogP contribution in [-0.4, -0.2) is 35.1 Å². The molecular weight excluding hydrogens is 202 g/mol. The smallest absolute Gasteiger partial charge is 0.226 e. The summed E-state index contributed by atoms with van der Waals surface area (Å²) in [7, 11) is 0. The molecule has 1 amide bonds. The molecule has 0 aromatic rings. The molecule has 1 aliphatic rings. The van der Waals surface area contributed by atoms with Gasteiger partial charge in [0.2, 0.25) is 5.91 Å². The molecule has 1 atom stereocenters. The largest absolute Gasteiger partial charge is 0.394 e. The summed E-state index contributed by atoms with van der Waals surface area (Å²) < 4.78 is 0. The first-order valence-electron chi connectivity index (χ1n) is 6.65. The number of rotatable bonds is 6. The van der Waals surface area contributed by atoms with Gasteiger partial charge < -0.3 is 10.0 Å². The third-order valence-electron chi connectivity index (χ3n) is 3.49. The van der Waals surface area contributed by atoms with Crippen molar-refractivity contribution in [2.24, 2.45) is 5.92 Å². The minimum absolute atomic E-state index is 0.0868. The molecule has 1 heterocycles. The standard InChI is InChI=1S/C13H25NO2/c1-3-6-11(7-4-2)13(16)14-9-5-8-12(14)10-15/h11-12,15H,3-10H2,1-2H3/t12-/m1/s1. The summed E-state index contributed by atoms with van der Waals surface area (Å²) in [6.07, 6.45) is 6.11. The van der Waals surface area contributed by atoms with Gasteiger partial charge in [-0.15, -0.1) is 0 Å². The highest BCUT2D eigenvalue weighted by molar-refractivity contribution is 5.79. The van der Waals surface area contributed by atoms with E-state index in [0.717, 1.165) is 45.1 Å². The molecule has 1 fully saturated rings. The lowest BCUT2D eigenvalue weighted by atomic mass is 9.96. The summed E-state index contributed by atoms with van der Waals surface area (Å²) in [5.41, 5.74) is 0. The highest BCUT2D eigenvalue weighted by atomic mass is 16.3. The number of amides is 1. The van der Waals surface area contributed by atoms with Crippen LogP contribution in [0, 0.1) is 5.92 Å². The maximum Gasteiger partial charge on any atom is 0.226 e. The van der Waals surface area contributed by atoms with Crippen molar-refractivity contribution in [3.05, 3.63) is 0 Å². The fourth-order valence-electron chi connectivity index (χ4n) is 2.64. The van der Waals surface area contributed by atoms with Crippen molar-refractivity contribution < 1.29 is 9.90 Å². The van der Waals surface area contributed by atoms with E-state index in [-0.39, 0.29) is 24.5 Å². The van der Waals surface area contributed by atoms with Gasteiger partial charge in [0.15, 0.2) is 0 Å². The minimum atomic E-state index is 0.0868. The zero-order valence-corrected chi connectivity index (χ0v) is 10.6. The van der Waals surface area contributed by atoms with Crippen molar-refractivity contribution in [1.82, 2.24) is 4.90 Å². The fourth-order valence-corrected chi connectivity index (χ4v) is 2.64. The Morgan fingerprint density at radius 2 is 2.00 bits per heavy atom. The van der Waals surface area contributed by atoms with E-state index in [2.05, 4.69) is 13.8 Å². The fraction of sp³-hybridized carbons (Fsp3) is 0.923. The van der Waals surface area contributed by atoms with Crippen LogP contribution in [0.1, 0.15) is 52.4 Å². The molecule has 1 rings (SSSR count). The van der Waals surface area contributed by atoms with Gasteiger partial charge in [0.05, 0.1) is 12.6 Å². The van der Waals surface area contributed by atoms with E-state index < -0.39 is 0 Å². The van der Waals surface area contributed by atoms with Crippen molar-refractivity contribution >= 4 is 5.91 Å². The van der Waals surface area contributed by atoms with E-state index in [1.165, 1.54) is 0 Å². The van der Waals surface area contributed by atoms with Gasteiger partial charge in [0.1, 0.15) is 0 Å². The van der Waals surface area contributed by atoms with E-state index in [1.54, 1.807) is 0 Å². The average molecular weight is 227 g/mol. The highest BCUT2D eigenvalue weighted by Gasteiger charge is 2.31. The number of carbonyl (C=O) groups is 1. The molecule has 0 spiro atoms. The van der Waals surface area contributed by atoms with Gasteiger partial charge in [-0.05, 0) is 25.7 Å². The summed E-state index contributed by atoms with van der Waals surface area (Å²) in [6, 6.07) is 0.0868. The molecule has 0 saturated carbocycles. The molecule has 0 aromatic heterocycles. The Morgan fingerprint density at radius 1 is 1.38 bits per heavy atom. The lowest BCUT2D eigenvalue weighted by molar-refractivity contribution is -0.137. The molecule has 0 radical (unpaired) electrons. The second-order valence-electron chi connectivity index (χ2n) is 4.78. The van der Waals surface area contributed by atoms with Crippen LogP contribution >= 0.6 is 0 Å². The zero-order valence-electron chi connectivity index (χ0n) is 10.6. The van der Waals surface area contributed by atoms with Crippen molar-refractivity contribution in [2.75, 3.05) is 13.2 Å². The topological polar surface area (TPSA) is 40.5 Å². The van der Waals surface area contributed by atoms with E-state index >= 15 is 0 Å². The van der Waals surface area contributed by atoms with Crippen LogP contribution in [0.25, 0.3) is 0 Å². The number of likely N-dealkylation sites (tertiary alicyclic amines) is 1. The molecular formula is C13H25NO2. The van der Waals surface area contributed by atoms with Crippen LogP contribution in [0.2, 0.25) is 0 Å². The molecule has 16 heavy (non-hydrogen) atoms. The Balaban J connectivity index is 2.58. The number of hydrogen-bond acceptors (Lipinski definition) is 2. The third kappa shape index (κ3) is 3.21. The molecule has 1 saturated heterocycles. The molecule has 3 heteroatoms. The normalized spacial score (nSPS) is 20.8. The average Bonchev–Trinajstić information content (AvgIpc) is 2.75. The first kappa shape index (κ1) is 13.5. The second kappa shape index (κ2) is 6.89. The molecule has 1 aliphatic heterocycles.